The largest absolute Gasteiger partial charge is 0.485 e. The summed E-state index contributed by atoms with van der Waals surface area (Å²) in [5, 5.41) is 0. The average Bonchev–Trinajstić information content (AvgIpc) is 2.48. The highest BCUT2D eigenvalue weighted by molar-refractivity contribution is 5.31. The third-order valence-electron chi connectivity index (χ3n) is 3.61. The molecule has 2 aromatic carbocycles. The predicted octanol–water partition coefficient (Wildman–Crippen LogP) is 4.24. The first-order valence-electron chi connectivity index (χ1n) is 7.23. The normalized spacial score (nSPS) is 14.0. The Morgan fingerprint density at radius 3 is 2.29 bits per heavy atom. The van der Waals surface area contributed by atoms with Gasteiger partial charge in [-0.2, -0.15) is 0 Å². The van der Waals surface area contributed by atoms with Crippen molar-refractivity contribution in [3.63, 3.8) is 0 Å². The summed E-state index contributed by atoms with van der Waals surface area (Å²) >= 11 is 0. The van der Waals surface area contributed by atoms with Crippen LogP contribution in [0.4, 0.5) is 4.39 Å². The predicted molar refractivity (Wildman–Crippen MR) is 83.8 cm³/mol. The number of ether oxygens (including phenoxy) is 1. The van der Waals surface area contributed by atoms with Gasteiger partial charge in [0, 0.05) is 0 Å². The van der Waals surface area contributed by atoms with Crippen LogP contribution in [-0.2, 0) is 0 Å². The molecule has 2 N–H and O–H groups in total. The Morgan fingerprint density at radius 1 is 1.00 bits per heavy atom. The standard InChI is InChI=1S/C18H22FNO/c1-12(2)18(17(20)14-9-5-4-6-10-14)21-15-11-7-8-13(3)16(15)19/h4-12,17-18H,20H2,1-3H3. The fourth-order valence-electron chi connectivity index (χ4n) is 2.35. The molecule has 2 rings (SSSR count). The Hall–Kier alpha value is -1.87. The summed E-state index contributed by atoms with van der Waals surface area (Å²) in [5.74, 6) is 0.114. The molecule has 0 aliphatic rings. The van der Waals surface area contributed by atoms with Crippen LogP contribution in [0.15, 0.2) is 48.5 Å². The molecule has 0 aliphatic heterocycles. The Labute approximate surface area is 125 Å². The molecule has 0 saturated heterocycles. The van der Waals surface area contributed by atoms with Crippen molar-refractivity contribution in [1.29, 1.82) is 0 Å². The van der Waals surface area contributed by atoms with Gasteiger partial charge in [-0.1, -0.05) is 56.3 Å². The van der Waals surface area contributed by atoms with Crippen molar-refractivity contribution in [1.82, 2.24) is 0 Å². The van der Waals surface area contributed by atoms with Gasteiger partial charge in [-0.25, -0.2) is 4.39 Å². The summed E-state index contributed by atoms with van der Waals surface area (Å²) in [4.78, 5) is 0. The Balaban J connectivity index is 2.26. The van der Waals surface area contributed by atoms with Crippen LogP contribution in [0, 0.1) is 18.7 Å². The van der Waals surface area contributed by atoms with Gasteiger partial charge in [0.1, 0.15) is 6.10 Å². The lowest BCUT2D eigenvalue weighted by Gasteiger charge is -2.29. The summed E-state index contributed by atoms with van der Waals surface area (Å²) < 4.78 is 20.0. The molecule has 0 aliphatic carbocycles. The summed E-state index contributed by atoms with van der Waals surface area (Å²) in [6, 6.07) is 14.6. The molecule has 0 heterocycles. The van der Waals surface area contributed by atoms with Crippen LogP contribution < -0.4 is 10.5 Å². The number of nitrogens with two attached hydrogens (primary N) is 1. The Kier molecular flexibility index (Phi) is 4.97. The molecule has 0 amide bonds. The molecule has 2 unspecified atom stereocenters. The molecular weight excluding hydrogens is 265 g/mol. The molecule has 2 nitrogen and oxygen atoms in total. The molecule has 0 saturated carbocycles. The van der Waals surface area contributed by atoms with E-state index >= 15 is 0 Å². The lowest BCUT2D eigenvalue weighted by atomic mass is 9.94. The molecule has 3 heteroatoms. The monoisotopic (exact) mass is 287 g/mol. The molecule has 0 bridgehead atoms. The molecule has 0 radical (unpaired) electrons. The molecule has 0 spiro atoms. The van der Waals surface area contributed by atoms with Crippen molar-refractivity contribution in [3.8, 4) is 5.75 Å². The molecule has 2 aromatic rings. The van der Waals surface area contributed by atoms with E-state index in [-0.39, 0.29) is 29.6 Å². The number of hydrogen-bond donors (Lipinski definition) is 1. The van der Waals surface area contributed by atoms with Gasteiger partial charge in [-0.3, -0.25) is 0 Å². The minimum Gasteiger partial charge on any atom is -0.485 e. The summed E-state index contributed by atoms with van der Waals surface area (Å²) in [5.41, 5.74) is 7.89. The minimum absolute atomic E-state index is 0.167. The second kappa shape index (κ2) is 6.72. The third-order valence-corrected chi connectivity index (χ3v) is 3.61. The van der Waals surface area contributed by atoms with E-state index in [9.17, 15) is 4.39 Å². The Bertz CT molecular complexity index is 583. The molecule has 112 valence electrons. The van der Waals surface area contributed by atoms with Crippen molar-refractivity contribution in [2.24, 2.45) is 11.7 Å². The molecule has 2 atom stereocenters. The van der Waals surface area contributed by atoms with Crippen LogP contribution in [-0.4, -0.2) is 6.10 Å². The van der Waals surface area contributed by atoms with Crippen LogP contribution in [0.5, 0.6) is 5.75 Å². The summed E-state index contributed by atoms with van der Waals surface area (Å²) in [6.45, 7) is 5.78. The van der Waals surface area contributed by atoms with Crippen LogP contribution in [0.3, 0.4) is 0 Å². The molecule has 21 heavy (non-hydrogen) atoms. The van der Waals surface area contributed by atoms with Crippen molar-refractivity contribution >= 4 is 0 Å². The number of aryl methyl sites for hydroxylation is 1. The van der Waals surface area contributed by atoms with Crippen LogP contribution in [0.2, 0.25) is 0 Å². The van der Waals surface area contributed by atoms with Crippen molar-refractivity contribution in [2.75, 3.05) is 0 Å². The maximum Gasteiger partial charge on any atom is 0.167 e. The summed E-state index contributed by atoms with van der Waals surface area (Å²) in [7, 11) is 0. The molecule has 0 fully saturated rings. The van der Waals surface area contributed by atoms with Gasteiger partial charge in [0.25, 0.3) is 0 Å². The Morgan fingerprint density at radius 2 is 1.67 bits per heavy atom. The second-order valence-corrected chi connectivity index (χ2v) is 5.65. The lowest BCUT2D eigenvalue weighted by molar-refractivity contribution is 0.118. The van der Waals surface area contributed by atoms with Crippen molar-refractivity contribution < 1.29 is 9.13 Å². The fraction of sp³-hybridized carbons (Fsp3) is 0.333. The van der Waals surface area contributed by atoms with Gasteiger partial charge in [-0.05, 0) is 30.0 Å². The molecular formula is C18H22FNO. The fourth-order valence-corrected chi connectivity index (χ4v) is 2.35. The van der Waals surface area contributed by atoms with Gasteiger partial charge in [0.15, 0.2) is 11.6 Å². The lowest BCUT2D eigenvalue weighted by Crippen LogP contribution is -2.36. The first-order chi connectivity index (χ1) is 10.0. The van der Waals surface area contributed by atoms with Gasteiger partial charge in [-0.15, -0.1) is 0 Å². The van der Waals surface area contributed by atoms with Crippen LogP contribution >= 0.6 is 0 Å². The second-order valence-electron chi connectivity index (χ2n) is 5.65. The van der Waals surface area contributed by atoms with E-state index in [0.717, 1.165) is 5.56 Å². The number of halogens is 1. The summed E-state index contributed by atoms with van der Waals surface area (Å²) in [6.07, 6.45) is -0.288. The maximum absolute atomic E-state index is 14.1. The number of rotatable bonds is 5. The zero-order valence-electron chi connectivity index (χ0n) is 12.7. The first kappa shape index (κ1) is 15.5. The zero-order valence-corrected chi connectivity index (χ0v) is 12.7. The SMILES string of the molecule is Cc1cccc(OC(C(C)C)C(N)c2ccccc2)c1F. The highest BCUT2D eigenvalue weighted by Gasteiger charge is 2.25. The van der Waals surface area contributed by atoms with E-state index in [1.54, 1.807) is 25.1 Å². The van der Waals surface area contributed by atoms with Crippen LogP contribution in [0.25, 0.3) is 0 Å². The zero-order chi connectivity index (χ0) is 15.4. The number of benzene rings is 2. The maximum atomic E-state index is 14.1. The van der Waals surface area contributed by atoms with E-state index in [0.29, 0.717) is 5.56 Å². The quantitative estimate of drug-likeness (QED) is 0.892. The van der Waals surface area contributed by atoms with E-state index in [1.807, 2.05) is 44.2 Å². The van der Waals surface area contributed by atoms with Crippen LogP contribution in [0.1, 0.15) is 31.0 Å². The van der Waals surface area contributed by atoms with E-state index in [4.69, 9.17) is 10.5 Å². The number of hydrogen-bond acceptors (Lipinski definition) is 2. The third kappa shape index (κ3) is 3.61. The van der Waals surface area contributed by atoms with Gasteiger partial charge in [0.2, 0.25) is 0 Å². The topological polar surface area (TPSA) is 35.2 Å². The van der Waals surface area contributed by atoms with E-state index in [1.165, 1.54) is 0 Å². The highest BCUT2D eigenvalue weighted by atomic mass is 19.1. The highest BCUT2D eigenvalue weighted by Crippen LogP contribution is 2.28. The smallest absolute Gasteiger partial charge is 0.167 e. The average molecular weight is 287 g/mol. The first-order valence-corrected chi connectivity index (χ1v) is 7.23. The molecule has 0 aromatic heterocycles. The minimum atomic E-state index is -0.316. The van der Waals surface area contributed by atoms with Gasteiger partial charge in [0.05, 0.1) is 6.04 Å². The van der Waals surface area contributed by atoms with E-state index < -0.39 is 0 Å². The van der Waals surface area contributed by atoms with Gasteiger partial charge < -0.3 is 10.5 Å². The van der Waals surface area contributed by atoms with E-state index in [2.05, 4.69) is 0 Å². The van der Waals surface area contributed by atoms with Crippen molar-refractivity contribution in [2.45, 2.75) is 32.9 Å². The van der Waals surface area contributed by atoms with Crippen molar-refractivity contribution in [3.05, 3.63) is 65.5 Å². The van der Waals surface area contributed by atoms with Gasteiger partial charge >= 0.3 is 0 Å².